The van der Waals surface area contributed by atoms with Gasteiger partial charge >= 0.3 is 0 Å². The molecule has 1 heterocycles. The van der Waals surface area contributed by atoms with Crippen LogP contribution in [0.2, 0.25) is 5.02 Å². The summed E-state index contributed by atoms with van der Waals surface area (Å²) in [6.45, 7) is 5.95. The van der Waals surface area contributed by atoms with Gasteiger partial charge in [0.1, 0.15) is 5.56 Å². The molecule has 128 valence electrons. The molecule has 3 rings (SSSR count). The number of fused-ring (bicyclic) bond motifs is 1. The average molecular weight is 355 g/mol. The van der Waals surface area contributed by atoms with E-state index in [1.54, 1.807) is 30.5 Å². The van der Waals surface area contributed by atoms with Crippen LogP contribution in [-0.2, 0) is 0 Å². The number of amides is 1. The summed E-state index contributed by atoms with van der Waals surface area (Å²) in [5.74, 6) is -0.424. The van der Waals surface area contributed by atoms with E-state index in [0.29, 0.717) is 16.1 Å². The largest absolute Gasteiger partial charge is 0.344 e. The summed E-state index contributed by atoms with van der Waals surface area (Å²) in [7, 11) is 0. The van der Waals surface area contributed by atoms with Crippen LogP contribution in [-0.4, -0.2) is 10.5 Å². The van der Waals surface area contributed by atoms with Gasteiger partial charge < -0.3 is 9.88 Å². The topological polar surface area (TPSA) is 51.1 Å². The highest BCUT2D eigenvalue weighted by atomic mass is 35.5. The normalized spacial score (nSPS) is 11.1. The quantitative estimate of drug-likeness (QED) is 0.734. The molecule has 0 unspecified atom stereocenters. The number of hydrogen-bond donors (Lipinski definition) is 1. The predicted octanol–water partition coefficient (Wildman–Crippen LogP) is 4.80. The Bertz CT molecular complexity index is 1020. The highest BCUT2D eigenvalue weighted by Gasteiger charge is 2.17. The Kier molecular flexibility index (Phi) is 4.64. The van der Waals surface area contributed by atoms with Crippen molar-refractivity contribution in [3.05, 3.63) is 75.0 Å². The number of hydrogen-bond acceptors (Lipinski definition) is 2. The summed E-state index contributed by atoms with van der Waals surface area (Å²) in [5, 5.41) is 3.71. The average Bonchev–Trinajstić information content (AvgIpc) is 2.55. The maximum atomic E-state index is 12.8. The fourth-order valence-corrected chi connectivity index (χ4v) is 3.01. The lowest BCUT2D eigenvalue weighted by atomic mass is 10.1. The molecule has 1 N–H and O–H groups in total. The van der Waals surface area contributed by atoms with Crippen molar-refractivity contribution < 1.29 is 4.79 Å². The van der Waals surface area contributed by atoms with Crippen molar-refractivity contribution in [1.29, 1.82) is 0 Å². The number of benzene rings is 2. The van der Waals surface area contributed by atoms with Crippen molar-refractivity contribution in [3.63, 3.8) is 0 Å². The number of aryl methyl sites for hydroxylation is 1. The van der Waals surface area contributed by atoms with E-state index in [2.05, 4.69) is 5.32 Å². The van der Waals surface area contributed by atoms with E-state index in [0.717, 1.165) is 11.1 Å². The number of carbonyl (C=O) groups is 1. The van der Waals surface area contributed by atoms with Gasteiger partial charge in [-0.3, -0.25) is 9.59 Å². The molecule has 0 radical (unpaired) electrons. The molecule has 2 aromatic carbocycles. The van der Waals surface area contributed by atoms with Crippen LogP contribution in [0.1, 0.15) is 35.8 Å². The Morgan fingerprint density at radius 1 is 1.16 bits per heavy atom. The van der Waals surface area contributed by atoms with Crippen LogP contribution >= 0.6 is 11.6 Å². The third kappa shape index (κ3) is 3.44. The van der Waals surface area contributed by atoms with E-state index < -0.39 is 5.91 Å². The number of rotatable bonds is 3. The first-order chi connectivity index (χ1) is 11.9. The number of halogens is 1. The molecule has 5 heteroatoms. The molecule has 1 aromatic heterocycles. The zero-order valence-corrected chi connectivity index (χ0v) is 15.1. The van der Waals surface area contributed by atoms with Crippen molar-refractivity contribution in [2.75, 3.05) is 5.32 Å². The minimum Gasteiger partial charge on any atom is -0.344 e. The smallest absolute Gasteiger partial charge is 0.261 e. The molecule has 0 aliphatic heterocycles. The molecule has 0 fully saturated rings. The lowest BCUT2D eigenvalue weighted by Crippen LogP contribution is -2.24. The number of anilines is 1. The second-order valence-corrected chi connectivity index (χ2v) is 6.79. The van der Waals surface area contributed by atoms with E-state index in [1.165, 1.54) is 0 Å². The van der Waals surface area contributed by atoms with Crippen LogP contribution < -0.4 is 10.7 Å². The number of aromatic nitrogens is 1. The predicted molar refractivity (Wildman–Crippen MR) is 103 cm³/mol. The molecular formula is C20H19ClN2O2. The highest BCUT2D eigenvalue weighted by Crippen LogP contribution is 2.21. The van der Waals surface area contributed by atoms with Gasteiger partial charge in [-0.1, -0.05) is 23.7 Å². The minimum atomic E-state index is -0.424. The maximum Gasteiger partial charge on any atom is 0.261 e. The Morgan fingerprint density at radius 3 is 2.60 bits per heavy atom. The molecule has 1 amide bonds. The van der Waals surface area contributed by atoms with Crippen LogP contribution in [0.25, 0.3) is 10.9 Å². The van der Waals surface area contributed by atoms with Gasteiger partial charge in [-0.05, 0) is 56.7 Å². The molecule has 4 nitrogen and oxygen atoms in total. The van der Waals surface area contributed by atoms with Gasteiger partial charge in [0.05, 0.1) is 5.52 Å². The molecular weight excluding hydrogens is 336 g/mol. The minimum absolute atomic E-state index is 0.0924. The molecule has 0 saturated heterocycles. The monoisotopic (exact) mass is 354 g/mol. The van der Waals surface area contributed by atoms with E-state index >= 15 is 0 Å². The van der Waals surface area contributed by atoms with Gasteiger partial charge in [-0.25, -0.2) is 0 Å². The summed E-state index contributed by atoms with van der Waals surface area (Å²) >= 11 is 6.05. The van der Waals surface area contributed by atoms with Crippen LogP contribution in [0, 0.1) is 6.92 Å². The summed E-state index contributed by atoms with van der Waals surface area (Å²) in [5.41, 5.74) is 2.23. The molecule has 0 atom stereocenters. The molecule has 0 spiro atoms. The molecule has 3 aromatic rings. The lowest BCUT2D eigenvalue weighted by Gasteiger charge is -2.17. The van der Waals surface area contributed by atoms with Gasteiger partial charge in [-0.15, -0.1) is 0 Å². The van der Waals surface area contributed by atoms with E-state index in [9.17, 15) is 9.59 Å². The number of nitrogens with zero attached hydrogens (tertiary/aromatic N) is 1. The fourth-order valence-electron chi connectivity index (χ4n) is 2.84. The number of nitrogens with one attached hydrogen (secondary N) is 1. The van der Waals surface area contributed by atoms with Crippen molar-refractivity contribution in [3.8, 4) is 0 Å². The van der Waals surface area contributed by atoms with Crippen molar-refractivity contribution in [2.24, 2.45) is 0 Å². The van der Waals surface area contributed by atoms with Gasteiger partial charge in [0, 0.05) is 28.3 Å². The first kappa shape index (κ1) is 17.2. The van der Waals surface area contributed by atoms with Gasteiger partial charge in [0.15, 0.2) is 0 Å². The summed E-state index contributed by atoms with van der Waals surface area (Å²) in [6.07, 6.45) is 1.62. The summed E-state index contributed by atoms with van der Waals surface area (Å²) in [6, 6.07) is 12.7. The second kappa shape index (κ2) is 6.73. The summed E-state index contributed by atoms with van der Waals surface area (Å²) < 4.78 is 1.91. The molecule has 0 saturated carbocycles. The van der Waals surface area contributed by atoms with Crippen molar-refractivity contribution in [1.82, 2.24) is 4.57 Å². The highest BCUT2D eigenvalue weighted by molar-refractivity contribution is 6.31. The number of pyridine rings is 1. The van der Waals surface area contributed by atoms with Crippen LogP contribution in [0.4, 0.5) is 5.69 Å². The van der Waals surface area contributed by atoms with E-state index in [-0.39, 0.29) is 17.0 Å². The Hall–Kier alpha value is -2.59. The first-order valence-corrected chi connectivity index (χ1v) is 8.47. The standard InChI is InChI=1S/C20H19ClN2O2/c1-12(2)23-11-17(19(24)16-10-14(21)7-8-18(16)23)20(25)22-15-6-4-5-13(3)9-15/h4-12H,1-3H3,(H,22,25). The van der Waals surface area contributed by atoms with Gasteiger partial charge in [0.2, 0.25) is 5.43 Å². The second-order valence-electron chi connectivity index (χ2n) is 6.36. The third-order valence-electron chi connectivity index (χ3n) is 4.07. The van der Waals surface area contributed by atoms with Crippen molar-refractivity contribution >= 4 is 34.1 Å². The Balaban J connectivity index is 2.13. The zero-order valence-electron chi connectivity index (χ0n) is 14.3. The number of carbonyl (C=O) groups excluding carboxylic acids is 1. The maximum absolute atomic E-state index is 12.8. The van der Waals surface area contributed by atoms with Crippen LogP contribution in [0.5, 0.6) is 0 Å². The lowest BCUT2D eigenvalue weighted by molar-refractivity contribution is 0.102. The fraction of sp³-hybridized carbons (Fsp3) is 0.200. The van der Waals surface area contributed by atoms with Gasteiger partial charge in [0.25, 0.3) is 5.91 Å². The van der Waals surface area contributed by atoms with Crippen molar-refractivity contribution in [2.45, 2.75) is 26.8 Å². The zero-order chi connectivity index (χ0) is 18.1. The van der Waals surface area contributed by atoms with Crippen LogP contribution in [0.15, 0.2) is 53.5 Å². The Morgan fingerprint density at radius 2 is 1.92 bits per heavy atom. The molecule has 0 aliphatic carbocycles. The molecule has 25 heavy (non-hydrogen) atoms. The third-order valence-corrected chi connectivity index (χ3v) is 4.31. The van der Waals surface area contributed by atoms with E-state index in [1.807, 2.05) is 43.5 Å². The molecule has 0 aliphatic rings. The SMILES string of the molecule is Cc1cccc(NC(=O)c2cn(C(C)C)c3ccc(Cl)cc3c2=O)c1. The molecule has 0 bridgehead atoms. The van der Waals surface area contributed by atoms with E-state index in [4.69, 9.17) is 11.6 Å². The first-order valence-electron chi connectivity index (χ1n) is 8.09. The summed E-state index contributed by atoms with van der Waals surface area (Å²) in [4.78, 5) is 25.5. The van der Waals surface area contributed by atoms with Gasteiger partial charge in [-0.2, -0.15) is 0 Å². The van der Waals surface area contributed by atoms with Crippen LogP contribution in [0.3, 0.4) is 0 Å². The Labute approximate surface area is 151 Å².